The molecule has 0 nitrogen and oxygen atoms in total. The van der Waals surface area contributed by atoms with Gasteiger partial charge in [-0.15, -0.1) is 0 Å². The van der Waals surface area contributed by atoms with Crippen molar-refractivity contribution < 1.29 is 0 Å². The van der Waals surface area contributed by atoms with Crippen molar-refractivity contribution in [2.45, 2.75) is 30.6 Å². The Labute approximate surface area is 63.3 Å². The molecule has 0 aromatic rings. The number of hydrogen-bond donors (Lipinski definition) is 0. The lowest BCUT2D eigenvalue weighted by atomic mass is 10.1. The highest BCUT2D eigenvalue weighted by atomic mass is 28.3. The molecule has 54 valence electrons. The highest BCUT2D eigenvalue weighted by molar-refractivity contribution is 6.91. The molecule has 10 heavy (non-hydrogen) atoms. The van der Waals surface area contributed by atoms with Crippen molar-refractivity contribution in [3.8, 4) is 0 Å². The predicted molar refractivity (Wildman–Crippen MR) is 45.7 cm³/mol. The average Bonchev–Trinajstić information content (AvgIpc) is 2.37. The Morgan fingerprint density at radius 2 is 1.60 bits per heavy atom. The minimum atomic E-state index is -0.633. The Kier molecular flexibility index (Phi) is 0.721. The smallest absolute Gasteiger partial charge is 0.0547 e. The molecule has 3 rings (SSSR count). The lowest BCUT2D eigenvalue weighted by molar-refractivity contribution is 0.669. The predicted octanol–water partition coefficient (Wildman–Crippen LogP) is 2.65. The zero-order valence-electron chi connectivity index (χ0n) is 6.67. The quantitative estimate of drug-likeness (QED) is 0.368. The first-order valence-electron chi connectivity index (χ1n) is 4.39. The molecule has 4 unspecified atom stereocenters. The molecule has 0 N–H and O–H groups in total. The largest absolute Gasteiger partial charge is 0.0851 e. The van der Waals surface area contributed by atoms with Crippen LogP contribution < -0.4 is 0 Å². The van der Waals surface area contributed by atoms with Crippen molar-refractivity contribution >= 4 is 8.07 Å². The first-order valence-corrected chi connectivity index (χ1v) is 7.55. The number of allylic oxidation sites excluding steroid dienone is 2. The Hall–Kier alpha value is -0.0431. The zero-order valence-corrected chi connectivity index (χ0v) is 7.67. The molecule has 0 spiro atoms. The summed E-state index contributed by atoms with van der Waals surface area (Å²) in [6.45, 7) is 5.16. The minimum Gasteiger partial charge on any atom is -0.0851 e. The van der Waals surface area contributed by atoms with Crippen LogP contribution in [0.25, 0.3) is 0 Å². The van der Waals surface area contributed by atoms with Crippen molar-refractivity contribution in [1.29, 1.82) is 0 Å². The second-order valence-corrected chi connectivity index (χ2v) is 9.80. The summed E-state index contributed by atoms with van der Waals surface area (Å²) in [5.74, 6) is 2.08. The van der Waals surface area contributed by atoms with Gasteiger partial charge in [0.1, 0.15) is 0 Å². The molecule has 1 heteroatoms. The molecule has 0 aromatic heterocycles. The monoisotopic (exact) mass is 150 g/mol. The van der Waals surface area contributed by atoms with Crippen molar-refractivity contribution in [1.82, 2.24) is 0 Å². The van der Waals surface area contributed by atoms with Crippen molar-refractivity contribution in [2.75, 3.05) is 0 Å². The van der Waals surface area contributed by atoms with E-state index in [4.69, 9.17) is 0 Å². The van der Waals surface area contributed by atoms with Crippen LogP contribution >= 0.6 is 0 Å². The Morgan fingerprint density at radius 1 is 1.10 bits per heavy atom. The number of hydrogen-bond acceptors (Lipinski definition) is 0. The molecule has 2 fully saturated rings. The summed E-state index contributed by atoms with van der Waals surface area (Å²) in [4.78, 5) is 0. The van der Waals surface area contributed by atoms with Crippen LogP contribution in [0, 0.1) is 11.8 Å². The van der Waals surface area contributed by atoms with Crippen LogP contribution in [-0.4, -0.2) is 8.07 Å². The van der Waals surface area contributed by atoms with Gasteiger partial charge in [-0.25, -0.2) is 0 Å². The first kappa shape index (κ1) is 5.59. The summed E-state index contributed by atoms with van der Waals surface area (Å²) in [7, 11) is -0.633. The van der Waals surface area contributed by atoms with E-state index in [1.54, 1.807) is 0 Å². The molecule has 1 heterocycles. The maximum atomic E-state index is 2.58. The molecule has 0 amide bonds. The van der Waals surface area contributed by atoms with Crippen LogP contribution in [0.3, 0.4) is 0 Å². The summed E-state index contributed by atoms with van der Waals surface area (Å²) in [6, 6.07) is 0. The van der Waals surface area contributed by atoms with Gasteiger partial charge >= 0.3 is 0 Å². The maximum Gasteiger partial charge on any atom is 0.0547 e. The van der Waals surface area contributed by atoms with Crippen LogP contribution in [0.15, 0.2) is 12.2 Å². The Morgan fingerprint density at radius 3 is 2.00 bits per heavy atom. The van der Waals surface area contributed by atoms with Gasteiger partial charge in [0.2, 0.25) is 0 Å². The summed E-state index contributed by atoms with van der Waals surface area (Å²) in [5, 5.41) is 0. The Balaban J connectivity index is 2.02. The van der Waals surface area contributed by atoms with E-state index in [1.165, 1.54) is 17.5 Å². The van der Waals surface area contributed by atoms with Gasteiger partial charge in [0.25, 0.3) is 0 Å². The van der Waals surface area contributed by atoms with Gasteiger partial charge in [0.15, 0.2) is 0 Å². The highest BCUT2D eigenvalue weighted by Crippen LogP contribution is 2.76. The minimum absolute atomic E-state index is 0.633. The van der Waals surface area contributed by atoms with Gasteiger partial charge in [-0.1, -0.05) is 25.2 Å². The van der Waals surface area contributed by atoms with Gasteiger partial charge in [0, 0.05) is 0 Å². The third kappa shape index (κ3) is 0.402. The summed E-state index contributed by atoms with van der Waals surface area (Å²) in [5.41, 5.74) is 2.42. The van der Waals surface area contributed by atoms with Gasteiger partial charge < -0.3 is 0 Å². The van der Waals surface area contributed by atoms with E-state index in [0.29, 0.717) is 0 Å². The fourth-order valence-corrected chi connectivity index (χ4v) is 9.28. The van der Waals surface area contributed by atoms with Crippen LogP contribution in [-0.2, 0) is 0 Å². The van der Waals surface area contributed by atoms with E-state index in [1.807, 2.05) is 0 Å². The molecule has 0 aromatic carbocycles. The zero-order chi connectivity index (χ0) is 6.93. The van der Waals surface area contributed by atoms with Crippen molar-refractivity contribution in [2.24, 2.45) is 11.8 Å². The summed E-state index contributed by atoms with van der Waals surface area (Å²) >= 11 is 0. The molecule has 4 atom stereocenters. The third-order valence-corrected chi connectivity index (χ3v) is 8.69. The molecule has 1 saturated heterocycles. The average molecular weight is 150 g/mol. The van der Waals surface area contributed by atoms with Crippen LogP contribution in [0.5, 0.6) is 0 Å². The molecule has 2 bridgehead atoms. The number of rotatable bonds is 0. The van der Waals surface area contributed by atoms with E-state index in [-0.39, 0.29) is 0 Å². The van der Waals surface area contributed by atoms with Crippen molar-refractivity contribution in [3.63, 3.8) is 0 Å². The molecule has 2 aliphatic carbocycles. The SMILES string of the molecule is C[Si]1(C)C2C3C=CC(C3)C21. The van der Waals surface area contributed by atoms with E-state index in [2.05, 4.69) is 25.2 Å². The van der Waals surface area contributed by atoms with Crippen molar-refractivity contribution in [3.05, 3.63) is 12.2 Å². The summed E-state index contributed by atoms with van der Waals surface area (Å²) in [6.07, 6.45) is 6.51. The maximum absolute atomic E-state index is 2.58. The number of fused-ring (bicyclic) bond motifs is 5. The van der Waals surface area contributed by atoms with Gasteiger partial charge in [-0.05, 0) is 29.3 Å². The second kappa shape index (κ2) is 1.29. The van der Waals surface area contributed by atoms with Crippen LogP contribution in [0.2, 0.25) is 24.2 Å². The summed E-state index contributed by atoms with van der Waals surface area (Å²) < 4.78 is 0. The standard InChI is InChI=1S/C9H14Si/c1-10(2)8-6-3-4-7(5-6)9(8)10/h3-4,6-9H,5H2,1-2H3. The van der Waals surface area contributed by atoms with E-state index < -0.39 is 8.07 Å². The normalized spacial score (nSPS) is 59.0. The molecule has 0 radical (unpaired) electrons. The molecule has 3 aliphatic rings. The van der Waals surface area contributed by atoms with Gasteiger partial charge in [-0.3, -0.25) is 0 Å². The third-order valence-electron chi connectivity index (χ3n) is 4.07. The lowest BCUT2D eigenvalue weighted by Gasteiger charge is -2.10. The van der Waals surface area contributed by atoms with E-state index in [0.717, 1.165) is 11.8 Å². The van der Waals surface area contributed by atoms with E-state index >= 15 is 0 Å². The molecular formula is C9H14Si. The van der Waals surface area contributed by atoms with Gasteiger partial charge in [-0.2, -0.15) is 0 Å². The fourth-order valence-electron chi connectivity index (χ4n) is 3.64. The van der Waals surface area contributed by atoms with E-state index in [9.17, 15) is 0 Å². The van der Waals surface area contributed by atoms with Crippen LogP contribution in [0.4, 0.5) is 0 Å². The van der Waals surface area contributed by atoms with Crippen LogP contribution in [0.1, 0.15) is 6.42 Å². The molecule has 1 aliphatic heterocycles. The topological polar surface area (TPSA) is 0 Å². The highest BCUT2D eigenvalue weighted by Gasteiger charge is 2.69. The second-order valence-electron chi connectivity index (χ2n) is 4.82. The van der Waals surface area contributed by atoms with Gasteiger partial charge in [0.05, 0.1) is 8.07 Å². The molecule has 1 saturated carbocycles. The first-order chi connectivity index (χ1) is 4.71. The molecular weight excluding hydrogens is 136 g/mol. The lowest BCUT2D eigenvalue weighted by Crippen LogP contribution is -2.13. The fraction of sp³-hybridized carbons (Fsp3) is 0.778. The Bertz CT molecular complexity index is 197.